The molecule has 0 heterocycles. The molecular formula is C12H22N2O4. The zero-order chi connectivity index (χ0) is 14.3. The zero-order valence-electron chi connectivity index (χ0n) is 11.4. The van der Waals surface area contributed by atoms with Gasteiger partial charge in [0.2, 0.25) is 11.8 Å². The van der Waals surface area contributed by atoms with Gasteiger partial charge in [0, 0.05) is 20.0 Å². The van der Waals surface area contributed by atoms with E-state index in [9.17, 15) is 14.4 Å². The quantitative estimate of drug-likeness (QED) is 0.725. The number of rotatable bonds is 6. The van der Waals surface area contributed by atoms with Crippen LogP contribution in [0.1, 0.15) is 33.6 Å². The van der Waals surface area contributed by atoms with Crippen molar-refractivity contribution in [2.45, 2.75) is 33.6 Å². The topological polar surface area (TPSA) is 86.7 Å². The number of nitrogens with one attached hydrogen (secondary N) is 1. The SMILES string of the molecule is CN(CCC(=O)O)C(=O)CNC(=O)CC(C)(C)C. The summed E-state index contributed by atoms with van der Waals surface area (Å²) in [6.45, 7) is 5.86. The molecule has 0 aromatic carbocycles. The van der Waals surface area contributed by atoms with Crippen LogP contribution in [0.2, 0.25) is 0 Å². The highest BCUT2D eigenvalue weighted by molar-refractivity contribution is 5.85. The van der Waals surface area contributed by atoms with Crippen LogP contribution >= 0.6 is 0 Å². The van der Waals surface area contributed by atoms with Gasteiger partial charge in [-0.1, -0.05) is 20.8 Å². The van der Waals surface area contributed by atoms with E-state index in [2.05, 4.69) is 5.32 Å². The Morgan fingerprint density at radius 3 is 2.22 bits per heavy atom. The molecule has 2 amide bonds. The maximum atomic E-state index is 11.5. The van der Waals surface area contributed by atoms with Crippen LogP contribution in [0.3, 0.4) is 0 Å². The lowest BCUT2D eigenvalue weighted by Gasteiger charge is -2.19. The van der Waals surface area contributed by atoms with Crippen LogP contribution < -0.4 is 5.32 Å². The molecule has 0 spiro atoms. The van der Waals surface area contributed by atoms with Crippen LogP contribution in [0.4, 0.5) is 0 Å². The lowest BCUT2D eigenvalue weighted by Crippen LogP contribution is -2.39. The smallest absolute Gasteiger partial charge is 0.305 e. The molecule has 0 aliphatic heterocycles. The molecule has 6 heteroatoms. The third-order valence-corrected chi connectivity index (χ3v) is 2.21. The molecule has 0 atom stereocenters. The average Bonchev–Trinajstić information content (AvgIpc) is 2.19. The van der Waals surface area contributed by atoms with Crippen molar-refractivity contribution < 1.29 is 19.5 Å². The second kappa shape index (κ2) is 6.98. The summed E-state index contributed by atoms with van der Waals surface area (Å²) in [5, 5.41) is 11.0. The largest absolute Gasteiger partial charge is 0.481 e. The summed E-state index contributed by atoms with van der Waals surface area (Å²) >= 11 is 0. The Labute approximate surface area is 107 Å². The monoisotopic (exact) mass is 258 g/mol. The molecule has 0 bridgehead atoms. The lowest BCUT2D eigenvalue weighted by molar-refractivity contribution is -0.138. The van der Waals surface area contributed by atoms with Crippen molar-refractivity contribution in [1.82, 2.24) is 10.2 Å². The Morgan fingerprint density at radius 2 is 1.78 bits per heavy atom. The number of carbonyl (C=O) groups is 3. The molecule has 2 N–H and O–H groups in total. The second-order valence-corrected chi connectivity index (χ2v) is 5.47. The van der Waals surface area contributed by atoms with Crippen LogP contribution in [0.15, 0.2) is 0 Å². The number of aliphatic carboxylic acids is 1. The van der Waals surface area contributed by atoms with E-state index in [4.69, 9.17) is 5.11 Å². The third-order valence-electron chi connectivity index (χ3n) is 2.21. The van der Waals surface area contributed by atoms with Crippen LogP contribution in [-0.4, -0.2) is 47.9 Å². The lowest BCUT2D eigenvalue weighted by atomic mass is 9.92. The first-order valence-corrected chi connectivity index (χ1v) is 5.84. The van der Waals surface area contributed by atoms with Gasteiger partial charge >= 0.3 is 5.97 Å². The van der Waals surface area contributed by atoms with Gasteiger partial charge in [-0.15, -0.1) is 0 Å². The summed E-state index contributed by atoms with van der Waals surface area (Å²) < 4.78 is 0. The Morgan fingerprint density at radius 1 is 1.22 bits per heavy atom. The van der Waals surface area contributed by atoms with Gasteiger partial charge in [-0.05, 0) is 5.41 Å². The van der Waals surface area contributed by atoms with Crippen LogP contribution in [0.5, 0.6) is 0 Å². The highest BCUT2D eigenvalue weighted by atomic mass is 16.4. The fraction of sp³-hybridized carbons (Fsp3) is 0.750. The zero-order valence-corrected chi connectivity index (χ0v) is 11.4. The van der Waals surface area contributed by atoms with E-state index in [1.165, 1.54) is 11.9 Å². The molecule has 0 radical (unpaired) electrons. The Bertz CT molecular complexity index is 321. The molecule has 0 unspecified atom stereocenters. The molecule has 0 aromatic rings. The van der Waals surface area contributed by atoms with E-state index >= 15 is 0 Å². The second-order valence-electron chi connectivity index (χ2n) is 5.47. The minimum atomic E-state index is -0.952. The number of nitrogens with zero attached hydrogens (tertiary/aromatic N) is 1. The molecule has 0 aliphatic rings. The number of hydrogen-bond donors (Lipinski definition) is 2. The van der Waals surface area contributed by atoms with Gasteiger partial charge < -0.3 is 15.3 Å². The molecule has 0 rings (SSSR count). The van der Waals surface area contributed by atoms with Crippen molar-refractivity contribution >= 4 is 17.8 Å². The molecule has 6 nitrogen and oxygen atoms in total. The number of carbonyl (C=O) groups excluding carboxylic acids is 2. The maximum Gasteiger partial charge on any atom is 0.305 e. The normalized spacial score (nSPS) is 10.9. The molecule has 18 heavy (non-hydrogen) atoms. The fourth-order valence-electron chi connectivity index (χ4n) is 1.24. The van der Waals surface area contributed by atoms with Crippen molar-refractivity contribution in [1.29, 1.82) is 0 Å². The Hall–Kier alpha value is -1.59. The highest BCUT2D eigenvalue weighted by Gasteiger charge is 2.17. The first-order valence-electron chi connectivity index (χ1n) is 5.84. The highest BCUT2D eigenvalue weighted by Crippen LogP contribution is 2.17. The summed E-state index contributed by atoms with van der Waals surface area (Å²) in [7, 11) is 1.52. The van der Waals surface area contributed by atoms with Crippen molar-refractivity contribution in [3.63, 3.8) is 0 Å². The van der Waals surface area contributed by atoms with Crippen molar-refractivity contribution in [3.05, 3.63) is 0 Å². The average molecular weight is 258 g/mol. The molecule has 0 fully saturated rings. The number of hydrogen-bond acceptors (Lipinski definition) is 3. The van der Waals surface area contributed by atoms with Gasteiger partial charge in [0.1, 0.15) is 0 Å². The van der Waals surface area contributed by atoms with E-state index in [-0.39, 0.29) is 36.7 Å². The molecule has 0 saturated carbocycles. The summed E-state index contributed by atoms with van der Waals surface area (Å²) in [5.74, 6) is -1.42. The molecular weight excluding hydrogens is 236 g/mol. The van der Waals surface area contributed by atoms with Gasteiger partial charge in [0.05, 0.1) is 13.0 Å². The maximum absolute atomic E-state index is 11.5. The fourth-order valence-corrected chi connectivity index (χ4v) is 1.24. The van der Waals surface area contributed by atoms with Crippen molar-refractivity contribution in [2.24, 2.45) is 5.41 Å². The number of carboxylic acid groups (broad SMARTS) is 1. The predicted molar refractivity (Wildman–Crippen MR) is 67.0 cm³/mol. The van der Waals surface area contributed by atoms with E-state index < -0.39 is 5.97 Å². The van der Waals surface area contributed by atoms with E-state index in [1.54, 1.807) is 0 Å². The van der Waals surface area contributed by atoms with Gasteiger partial charge in [-0.3, -0.25) is 14.4 Å². The first kappa shape index (κ1) is 16.4. The van der Waals surface area contributed by atoms with Gasteiger partial charge in [-0.25, -0.2) is 0 Å². The summed E-state index contributed by atoms with van der Waals surface area (Å²) in [6.07, 6.45) is 0.247. The van der Waals surface area contributed by atoms with Gasteiger partial charge in [0.15, 0.2) is 0 Å². The number of likely N-dealkylation sites (N-methyl/N-ethyl adjacent to an activating group) is 1. The van der Waals surface area contributed by atoms with E-state index in [0.29, 0.717) is 6.42 Å². The minimum absolute atomic E-state index is 0.0922. The number of amides is 2. The third kappa shape index (κ3) is 8.55. The summed E-state index contributed by atoms with van der Waals surface area (Å²) in [4.78, 5) is 34.7. The molecule has 0 saturated heterocycles. The van der Waals surface area contributed by atoms with Crippen molar-refractivity contribution in [2.75, 3.05) is 20.1 Å². The van der Waals surface area contributed by atoms with Gasteiger partial charge in [-0.2, -0.15) is 0 Å². The number of carboxylic acids is 1. The van der Waals surface area contributed by atoms with Crippen LogP contribution in [-0.2, 0) is 14.4 Å². The van der Waals surface area contributed by atoms with Crippen LogP contribution in [0, 0.1) is 5.41 Å². The van der Waals surface area contributed by atoms with E-state index in [0.717, 1.165) is 0 Å². The summed E-state index contributed by atoms with van der Waals surface area (Å²) in [5.41, 5.74) is -0.123. The molecule has 0 aliphatic carbocycles. The van der Waals surface area contributed by atoms with E-state index in [1.807, 2.05) is 20.8 Å². The van der Waals surface area contributed by atoms with Crippen LogP contribution in [0.25, 0.3) is 0 Å². The van der Waals surface area contributed by atoms with Crippen molar-refractivity contribution in [3.8, 4) is 0 Å². The Kier molecular flexibility index (Phi) is 6.36. The standard InChI is InChI=1S/C12H22N2O4/c1-12(2,3)7-9(15)13-8-10(16)14(4)6-5-11(17)18/h5-8H2,1-4H3,(H,13,15)(H,17,18). The first-order chi connectivity index (χ1) is 8.11. The Balaban J connectivity index is 3.95. The molecule has 104 valence electrons. The van der Waals surface area contributed by atoms with Gasteiger partial charge in [0.25, 0.3) is 0 Å². The predicted octanol–water partition coefficient (Wildman–Crippen LogP) is 0.472. The summed E-state index contributed by atoms with van der Waals surface area (Å²) in [6, 6.07) is 0. The molecule has 0 aromatic heterocycles. The minimum Gasteiger partial charge on any atom is -0.481 e.